The molecule has 0 saturated carbocycles. The van der Waals surface area contributed by atoms with Crippen LogP contribution in [0.3, 0.4) is 0 Å². The number of anilines is 2. The molecule has 5 nitrogen and oxygen atoms in total. The first-order valence-corrected chi connectivity index (χ1v) is 9.27. The molecule has 0 aliphatic carbocycles. The van der Waals surface area contributed by atoms with Crippen LogP contribution in [-0.2, 0) is 4.79 Å². The molecule has 0 fully saturated rings. The Morgan fingerprint density at radius 1 is 1.00 bits per heavy atom. The van der Waals surface area contributed by atoms with Crippen LogP contribution < -0.4 is 15.4 Å². The number of ether oxygens (including phenoxy) is 1. The summed E-state index contributed by atoms with van der Waals surface area (Å²) in [6, 6.07) is 15.1. The highest BCUT2D eigenvalue weighted by atomic mass is 32.1. The smallest absolute Gasteiger partial charge is 0.266 e. The molecule has 138 valence electrons. The Hall–Kier alpha value is -3.12. The van der Waals surface area contributed by atoms with Crippen molar-refractivity contribution in [1.82, 2.24) is 0 Å². The minimum Gasteiger partial charge on any atom is -0.495 e. The van der Waals surface area contributed by atoms with Crippen LogP contribution >= 0.6 is 11.3 Å². The predicted molar refractivity (Wildman–Crippen MR) is 110 cm³/mol. The lowest BCUT2D eigenvalue weighted by molar-refractivity contribution is -0.114. The Labute approximate surface area is 162 Å². The van der Waals surface area contributed by atoms with E-state index in [0.717, 1.165) is 11.1 Å². The maximum Gasteiger partial charge on any atom is 0.266 e. The molecule has 1 heterocycles. The molecule has 0 bridgehead atoms. The fourth-order valence-electron chi connectivity index (χ4n) is 2.71. The van der Waals surface area contributed by atoms with Crippen molar-refractivity contribution in [3.63, 3.8) is 0 Å². The topological polar surface area (TPSA) is 67.4 Å². The lowest BCUT2D eigenvalue weighted by atomic mass is 10.0. The van der Waals surface area contributed by atoms with Gasteiger partial charge in [-0.3, -0.25) is 9.59 Å². The zero-order valence-corrected chi connectivity index (χ0v) is 16.1. The molecule has 0 atom stereocenters. The van der Waals surface area contributed by atoms with Gasteiger partial charge in [0.15, 0.2) is 0 Å². The molecule has 6 heteroatoms. The predicted octanol–water partition coefficient (Wildman–Crippen LogP) is 4.94. The number of thiophene rings is 1. The Bertz CT molecular complexity index is 977. The van der Waals surface area contributed by atoms with Gasteiger partial charge in [-0.25, -0.2) is 0 Å². The van der Waals surface area contributed by atoms with E-state index in [1.807, 2.05) is 42.6 Å². The van der Waals surface area contributed by atoms with E-state index in [9.17, 15) is 9.59 Å². The van der Waals surface area contributed by atoms with Gasteiger partial charge in [0.1, 0.15) is 5.75 Å². The summed E-state index contributed by atoms with van der Waals surface area (Å²) >= 11 is 1.39. The molecule has 0 spiro atoms. The second-order valence-electron chi connectivity index (χ2n) is 6.08. The van der Waals surface area contributed by atoms with Gasteiger partial charge in [-0.1, -0.05) is 29.8 Å². The van der Waals surface area contributed by atoms with Crippen molar-refractivity contribution in [2.75, 3.05) is 17.7 Å². The lowest BCUT2D eigenvalue weighted by Crippen LogP contribution is -2.12. The number of aryl methyl sites for hydroxylation is 1. The molecule has 0 aliphatic rings. The minimum atomic E-state index is -0.211. The van der Waals surface area contributed by atoms with E-state index in [2.05, 4.69) is 10.6 Å². The highest BCUT2D eigenvalue weighted by Gasteiger charge is 2.16. The zero-order valence-electron chi connectivity index (χ0n) is 15.3. The summed E-state index contributed by atoms with van der Waals surface area (Å²) < 4.78 is 5.24. The van der Waals surface area contributed by atoms with E-state index in [4.69, 9.17) is 4.74 Å². The molecule has 0 aliphatic heterocycles. The highest BCUT2D eigenvalue weighted by Crippen LogP contribution is 2.31. The van der Waals surface area contributed by atoms with Crippen LogP contribution in [-0.4, -0.2) is 18.9 Å². The molecule has 2 N–H and O–H groups in total. The summed E-state index contributed by atoms with van der Waals surface area (Å²) in [5.41, 5.74) is 4.15. The number of benzene rings is 2. The molecule has 0 unspecified atom stereocenters. The van der Waals surface area contributed by atoms with Gasteiger partial charge >= 0.3 is 0 Å². The SMILES string of the molecule is COc1ccc(NC(=O)c2sccc2-c2ccc(C)cc2)cc1NC(C)=O. The first-order valence-electron chi connectivity index (χ1n) is 8.39. The zero-order chi connectivity index (χ0) is 19.4. The number of hydrogen-bond donors (Lipinski definition) is 2. The van der Waals surface area contributed by atoms with E-state index in [1.54, 1.807) is 18.2 Å². The van der Waals surface area contributed by atoms with Crippen LogP contribution in [0, 0.1) is 6.92 Å². The molecule has 1 aromatic heterocycles. The number of nitrogens with one attached hydrogen (secondary N) is 2. The van der Waals surface area contributed by atoms with Crippen LogP contribution in [0.4, 0.5) is 11.4 Å². The van der Waals surface area contributed by atoms with Crippen LogP contribution in [0.15, 0.2) is 53.9 Å². The van der Waals surface area contributed by atoms with Crippen molar-refractivity contribution >= 4 is 34.5 Å². The Balaban J connectivity index is 1.85. The van der Waals surface area contributed by atoms with Crippen molar-refractivity contribution < 1.29 is 14.3 Å². The van der Waals surface area contributed by atoms with Crippen molar-refractivity contribution in [2.24, 2.45) is 0 Å². The molecule has 2 aromatic carbocycles. The summed E-state index contributed by atoms with van der Waals surface area (Å²) in [4.78, 5) is 24.8. The number of amides is 2. The van der Waals surface area contributed by atoms with Gasteiger partial charge in [0.2, 0.25) is 5.91 Å². The number of methoxy groups -OCH3 is 1. The maximum atomic E-state index is 12.8. The molecule has 3 rings (SSSR count). The van der Waals surface area contributed by atoms with Gasteiger partial charge in [-0.05, 0) is 42.1 Å². The Morgan fingerprint density at radius 2 is 1.74 bits per heavy atom. The highest BCUT2D eigenvalue weighted by molar-refractivity contribution is 7.12. The lowest BCUT2D eigenvalue weighted by Gasteiger charge is -2.12. The summed E-state index contributed by atoms with van der Waals surface area (Å²) in [6.07, 6.45) is 0. The third-order valence-corrected chi connectivity index (χ3v) is 4.92. The quantitative estimate of drug-likeness (QED) is 0.659. The van der Waals surface area contributed by atoms with E-state index < -0.39 is 0 Å². The minimum absolute atomic E-state index is 0.195. The van der Waals surface area contributed by atoms with Crippen LogP contribution in [0.25, 0.3) is 11.1 Å². The molecule has 27 heavy (non-hydrogen) atoms. The number of carbonyl (C=O) groups is 2. The first kappa shape index (κ1) is 18.7. The van der Waals surface area contributed by atoms with Crippen molar-refractivity contribution in [2.45, 2.75) is 13.8 Å². The summed E-state index contributed by atoms with van der Waals surface area (Å²) in [5, 5.41) is 7.50. The average Bonchev–Trinajstić information content (AvgIpc) is 3.12. The third kappa shape index (κ3) is 4.35. The van der Waals surface area contributed by atoms with E-state index in [0.29, 0.717) is 22.0 Å². The van der Waals surface area contributed by atoms with Crippen molar-refractivity contribution in [3.05, 3.63) is 64.4 Å². The van der Waals surface area contributed by atoms with E-state index in [-0.39, 0.29) is 11.8 Å². The summed E-state index contributed by atoms with van der Waals surface area (Å²) in [7, 11) is 1.53. The number of hydrogen-bond acceptors (Lipinski definition) is 4. The fraction of sp³-hybridized carbons (Fsp3) is 0.143. The average molecular weight is 380 g/mol. The fourth-order valence-corrected chi connectivity index (χ4v) is 3.52. The van der Waals surface area contributed by atoms with Crippen molar-refractivity contribution in [3.8, 4) is 16.9 Å². The third-order valence-electron chi connectivity index (χ3n) is 4.00. The van der Waals surface area contributed by atoms with Gasteiger partial charge in [-0.2, -0.15) is 0 Å². The molecule has 2 amide bonds. The number of carbonyl (C=O) groups excluding carboxylic acids is 2. The van der Waals surface area contributed by atoms with Gasteiger partial charge in [-0.15, -0.1) is 11.3 Å². The van der Waals surface area contributed by atoms with Crippen LogP contribution in [0.2, 0.25) is 0 Å². The van der Waals surface area contributed by atoms with Gasteiger partial charge < -0.3 is 15.4 Å². The van der Waals surface area contributed by atoms with Gasteiger partial charge in [0.25, 0.3) is 5.91 Å². The summed E-state index contributed by atoms with van der Waals surface area (Å²) in [5.74, 6) is 0.121. The standard InChI is InChI=1S/C21H20N2O3S/c1-13-4-6-15(7-5-13)17-10-11-27-20(17)21(25)23-16-8-9-19(26-3)18(12-16)22-14(2)24/h4-12H,1-3H3,(H,22,24)(H,23,25). The molecule has 0 saturated heterocycles. The molecular weight excluding hydrogens is 360 g/mol. The maximum absolute atomic E-state index is 12.8. The monoisotopic (exact) mass is 380 g/mol. The molecular formula is C21H20N2O3S. The summed E-state index contributed by atoms with van der Waals surface area (Å²) in [6.45, 7) is 3.45. The molecule has 3 aromatic rings. The van der Waals surface area contributed by atoms with Gasteiger partial charge in [0, 0.05) is 18.2 Å². The number of rotatable bonds is 5. The normalized spacial score (nSPS) is 10.3. The first-order chi connectivity index (χ1) is 13.0. The largest absolute Gasteiger partial charge is 0.495 e. The van der Waals surface area contributed by atoms with Crippen LogP contribution in [0.5, 0.6) is 5.75 Å². The second-order valence-corrected chi connectivity index (χ2v) is 7.00. The van der Waals surface area contributed by atoms with Crippen LogP contribution in [0.1, 0.15) is 22.2 Å². The van der Waals surface area contributed by atoms with E-state index in [1.165, 1.54) is 30.9 Å². The van der Waals surface area contributed by atoms with E-state index >= 15 is 0 Å². The Morgan fingerprint density at radius 3 is 2.41 bits per heavy atom. The van der Waals surface area contributed by atoms with Crippen molar-refractivity contribution in [1.29, 1.82) is 0 Å². The van der Waals surface area contributed by atoms with Gasteiger partial charge in [0.05, 0.1) is 17.7 Å². The molecule has 0 radical (unpaired) electrons. The second kappa shape index (κ2) is 8.05. The Kier molecular flexibility index (Phi) is 5.57.